The summed E-state index contributed by atoms with van der Waals surface area (Å²) in [4.78, 5) is 8.22. The highest BCUT2D eigenvalue weighted by Crippen LogP contribution is 2.24. The van der Waals surface area contributed by atoms with Crippen molar-refractivity contribution in [2.24, 2.45) is 4.99 Å². The zero-order valence-electron chi connectivity index (χ0n) is 15.5. The molecule has 1 fully saturated rings. The lowest BCUT2D eigenvalue weighted by atomic mass is 9.96. The maximum atomic E-state index is 14.3. The van der Waals surface area contributed by atoms with Crippen molar-refractivity contribution in [2.75, 3.05) is 7.05 Å². The first-order valence-corrected chi connectivity index (χ1v) is 9.08. The number of aromatic nitrogens is 1. The first-order valence-electron chi connectivity index (χ1n) is 9.08. The van der Waals surface area contributed by atoms with E-state index in [4.69, 9.17) is 4.74 Å². The zero-order chi connectivity index (χ0) is 18.2. The van der Waals surface area contributed by atoms with Crippen molar-refractivity contribution in [3.8, 4) is 11.5 Å². The Balaban J connectivity index is 0.00000261. The Bertz CT molecular complexity index is 736. The molecule has 1 saturated carbocycles. The van der Waals surface area contributed by atoms with Crippen LogP contribution in [0.3, 0.4) is 0 Å². The highest BCUT2D eigenvalue weighted by molar-refractivity contribution is 14.0. The third-order valence-electron chi connectivity index (χ3n) is 4.49. The number of nitrogens with one attached hydrogen (secondary N) is 2. The molecule has 1 aliphatic rings. The molecule has 0 aliphatic heterocycles. The molecule has 1 heterocycles. The van der Waals surface area contributed by atoms with E-state index in [1.165, 1.54) is 38.2 Å². The van der Waals surface area contributed by atoms with Gasteiger partial charge in [0, 0.05) is 25.8 Å². The van der Waals surface area contributed by atoms with E-state index in [0.717, 1.165) is 11.5 Å². The standard InChI is InChI=1S/C20H25FN4O.HI/c1-22-20(25-16-6-3-2-4-7-16)24-13-15-9-10-19(18(21)12-15)26-17-8-5-11-23-14-17;/h5,8-12,14,16H,2-4,6-7,13H2,1H3,(H2,22,24,25);1H. The second-order valence-corrected chi connectivity index (χ2v) is 6.46. The van der Waals surface area contributed by atoms with Crippen molar-refractivity contribution in [1.29, 1.82) is 0 Å². The van der Waals surface area contributed by atoms with Crippen LogP contribution >= 0.6 is 24.0 Å². The summed E-state index contributed by atoms with van der Waals surface area (Å²) in [6.45, 7) is 0.497. The largest absolute Gasteiger partial charge is 0.453 e. The summed E-state index contributed by atoms with van der Waals surface area (Å²) < 4.78 is 19.8. The van der Waals surface area contributed by atoms with Crippen molar-refractivity contribution in [1.82, 2.24) is 15.6 Å². The van der Waals surface area contributed by atoms with Gasteiger partial charge in [0.2, 0.25) is 0 Å². The van der Waals surface area contributed by atoms with Gasteiger partial charge in [-0.15, -0.1) is 24.0 Å². The number of rotatable bonds is 5. The summed E-state index contributed by atoms with van der Waals surface area (Å²) in [6, 6.07) is 8.92. The van der Waals surface area contributed by atoms with E-state index in [1.54, 1.807) is 37.6 Å². The van der Waals surface area contributed by atoms with Gasteiger partial charge in [-0.3, -0.25) is 9.98 Å². The maximum Gasteiger partial charge on any atom is 0.191 e. The van der Waals surface area contributed by atoms with Crippen molar-refractivity contribution in [2.45, 2.75) is 44.7 Å². The van der Waals surface area contributed by atoms with Crippen LogP contribution in [-0.2, 0) is 6.54 Å². The number of nitrogens with zero attached hydrogens (tertiary/aromatic N) is 2. The molecule has 5 nitrogen and oxygen atoms in total. The smallest absolute Gasteiger partial charge is 0.191 e. The summed E-state index contributed by atoms with van der Waals surface area (Å²) in [7, 11) is 1.75. The summed E-state index contributed by atoms with van der Waals surface area (Å²) >= 11 is 0. The lowest BCUT2D eigenvalue weighted by molar-refractivity contribution is 0.410. The molecule has 2 aromatic rings. The van der Waals surface area contributed by atoms with Gasteiger partial charge in [-0.25, -0.2) is 4.39 Å². The summed E-state index contributed by atoms with van der Waals surface area (Å²) in [6.07, 6.45) is 9.39. The number of halogens is 2. The predicted octanol–water partition coefficient (Wildman–Crippen LogP) is 4.63. The van der Waals surface area contributed by atoms with Gasteiger partial charge in [0.25, 0.3) is 0 Å². The van der Waals surface area contributed by atoms with Crippen LogP contribution in [0, 0.1) is 5.82 Å². The molecule has 7 heteroatoms. The Kier molecular flexibility index (Phi) is 8.77. The molecule has 0 radical (unpaired) electrons. The van der Waals surface area contributed by atoms with Gasteiger partial charge in [0.05, 0.1) is 6.20 Å². The molecule has 0 bridgehead atoms. The molecule has 0 saturated heterocycles. The minimum Gasteiger partial charge on any atom is -0.453 e. The predicted molar refractivity (Wildman–Crippen MR) is 116 cm³/mol. The molecule has 2 N–H and O–H groups in total. The van der Waals surface area contributed by atoms with Gasteiger partial charge in [0.1, 0.15) is 5.75 Å². The van der Waals surface area contributed by atoms with Crippen molar-refractivity contribution < 1.29 is 9.13 Å². The molecular weight excluding hydrogens is 458 g/mol. The SMILES string of the molecule is CN=C(NCc1ccc(Oc2cccnc2)c(F)c1)NC1CCCCC1.I. The van der Waals surface area contributed by atoms with Crippen LogP contribution < -0.4 is 15.4 Å². The molecule has 0 atom stereocenters. The Labute approximate surface area is 176 Å². The topological polar surface area (TPSA) is 58.5 Å². The minimum absolute atomic E-state index is 0. The molecule has 146 valence electrons. The maximum absolute atomic E-state index is 14.3. The number of pyridine rings is 1. The molecule has 0 spiro atoms. The number of hydrogen-bond acceptors (Lipinski definition) is 3. The summed E-state index contributed by atoms with van der Waals surface area (Å²) in [5, 5.41) is 6.70. The molecule has 1 aromatic carbocycles. The number of aliphatic imine (C=N–C) groups is 1. The second kappa shape index (κ2) is 11.1. The minimum atomic E-state index is -0.400. The van der Waals surface area contributed by atoms with Crippen molar-refractivity contribution in [3.05, 3.63) is 54.1 Å². The van der Waals surface area contributed by atoms with Gasteiger partial charge in [-0.05, 0) is 42.7 Å². The molecular formula is C20H26FIN4O. The van der Waals surface area contributed by atoms with E-state index in [2.05, 4.69) is 20.6 Å². The molecule has 1 aromatic heterocycles. The third-order valence-corrected chi connectivity index (χ3v) is 4.49. The number of benzene rings is 1. The van der Waals surface area contributed by atoms with Gasteiger partial charge >= 0.3 is 0 Å². The Morgan fingerprint density at radius 3 is 2.74 bits per heavy atom. The monoisotopic (exact) mass is 484 g/mol. The zero-order valence-corrected chi connectivity index (χ0v) is 17.8. The highest BCUT2D eigenvalue weighted by atomic mass is 127. The lowest BCUT2D eigenvalue weighted by Gasteiger charge is -2.24. The molecule has 27 heavy (non-hydrogen) atoms. The summed E-state index contributed by atoms with van der Waals surface area (Å²) in [5.41, 5.74) is 0.827. The van der Waals surface area contributed by atoms with Crippen LogP contribution in [0.5, 0.6) is 11.5 Å². The van der Waals surface area contributed by atoms with Crippen LogP contribution in [0.1, 0.15) is 37.7 Å². The lowest BCUT2D eigenvalue weighted by Crippen LogP contribution is -2.43. The highest BCUT2D eigenvalue weighted by Gasteiger charge is 2.14. The fourth-order valence-corrected chi connectivity index (χ4v) is 3.09. The first kappa shape index (κ1) is 21.4. The van der Waals surface area contributed by atoms with Gasteiger partial charge in [-0.2, -0.15) is 0 Å². The molecule has 3 rings (SSSR count). The van der Waals surface area contributed by atoms with Crippen LogP contribution in [0.4, 0.5) is 4.39 Å². The van der Waals surface area contributed by atoms with Gasteiger partial charge < -0.3 is 15.4 Å². The first-order chi connectivity index (χ1) is 12.7. The fraction of sp³-hybridized carbons (Fsp3) is 0.400. The number of guanidine groups is 1. The quantitative estimate of drug-likeness (QED) is 0.369. The van der Waals surface area contributed by atoms with Crippen LogP contribution in [0.15, 0.2) is 47.7 Å². The van der Waals surface area contributed by atoms with Crippen molar-refractivity contribution >= 4 is 29.9 Å². The second-order valence-electron chi connectivity index (χ2n) is 6.46. The molecule has 0 unspecified atom stereocenters. The molecule has 1 aliphatic carbocycles. The summed E-state index contributed by atoms with van der Waals surface area (Å²) in [5.74, 6) is 1.05. The van der Waals surface area contributed by atoms with Crippen LogP contribution in [-0.4, -0.2) is 24.0 Å². The average Bonchev–Trinajstić information content (AvgIpc) is 2.68. The third kappa shape index (κ3) is 6.64. The van der Waals surface area contributed by atoms with E-state index in [0.29, 0.717) is 18.3 Å². The Morgan fingerprint density at radius 2 is 2.07 bits per heavy atom. The van der Waals surface area contributed by atoms with Crippen molar-refractivity contribution in [3.63, 3.8) is 0 Å². The Morgan fingerprint density at radius 1 is 1.26 bits per heavy atom. The van der Waals surface area contributed by atoms with E-state index >= 15 is 0 Å². The number of ether oxygens (including phenoxy) is 1. The number of hydrogen-bond donors (Lipinski definition) is 2. The average molecular weight is 484 g/mol. The van der Waals surface area contributed by atoms with E-state index in [1.807, 2.05) is 6.07 Å². The fourth-order valence-electron chi connectivity index (χ4n) is 3.09. The normalized spacial score (nSPS) is 15.0. The Hall–Kier alpha value is -1.90. The van der Waals surface area contributed by atoms with Crippen LogP contribution in [0.25, 0.3) is 0 Å². The van der Waals surface area contributed by atoms with E-state index < -0.39 is 5.82 Å². The van der Waals surface area contributed by atoms with Gasteiger partial charge in [-0.1, -0.05) is 25.3 Å². The molecule has 0 amide bonds. The van der Waals surface area contributed by atoms with E-state index in [-0.39, 0.29) is 29.7 Å². The van der Waals surface area contributed by atoms with Gasteiger partial charge in [0.15, 0.2) is 17.5 Å². The van der Waals surface area contributed by atoms with E-state index in [9.17, 15) is 4.39 Å². The van der Waals surface area contributed by atoms with Crippen LogP contribution in [0.2, 0.25) is 0 Å².